The monoisotopic (exact) mass is 440 g/mol. The minimum absolute atomic E-state index is 0.0760. The van der Waals surface area contributed by atoms with Crippen LogP contribution < -0.4 is 0 Å². The van der Waals surface area contributed by atoms with Crippen LogP contribution in [0.25, 0.3) is 0 Å². The molecule has 0 radical (unpaired) electrons. The van der Waals surface area contributed by atoms with Crippen LogP contribution in [-0.4, -0.2) is 55.6 Å². The fourth-order valence-electron chi connectivity index (χ4n) is 7.19. The fourth-order valence-corrected chi connectivity index (χ4v) is 7.68. The predicted molar refractivity (Wildman–Crippen MR) is 106 cm³/mol. The maximum Gasteiger partial charge on any atom is 0.375 e. The van der Waals surface area contributed by atoms with E-state index in [9.17, 15) is 29.7 Å². The summed E-state index contributed by atoms with van der Waals surface area (Å²) in [5.74, 6) is -5.20. The first kappa shape index (κ1) is 21.7. The summed E-state index contributed by atoms with van der Waals surface area (Å²) in [6, 6.07) is 0. The second kappa shape index (κ2) is 6.24. The van der Waals surface area contributed by atoms with Gasteiger partial charge < -0.3 is 15.3 Å². The average Bonchev–Trinajstić information content (AvgIpc) is 2.86. The van der Waals surface area contributed by atoms with Crippen molar-refractivity contribution in [3.05, 3.63) is 23.8 Å². The van der Waals surface area contributed by atoms with E-state index in [1.165, 1.54) is 12.2 Å². The molecule has 6 nitrogen and oxygen atoms in total. The van der Waals surface area contributed by atoms with E-state index in [0.29, 0.717) is 0 Å². The summed E-state index contributed by atoms with van der Waals surface area (Å²) >= 11 is 7.16. The Bertz CT molecular complexity index is 915. The summed E-state index contributed by atoms with van der Waals surface area (Å²) in [5.41, 5.74) is -4.38. The number of hydrogen-bond donors (Lipinski definition) is 3. The van der Waals surface area contributed by atoms with E-state index in [4.69, 9.17) is 11.6 Å². The molecule has 0 spiro atoms. The van der Waals surface area contributed by atoms with Crippen molar-refractivity contribution in [3.8, 4) is 0 Å². The van der Waals surface area contributed by atoms with E-state index in [0.717, 1.165) is 0 Å². The molecular formula is C22H26ClFO6. The predicted octanol–water partition coefficient (Wildman–Crippen LogP) is 2.21. The molecule has 9 atom stereocenters. The Balaban J connectivity index is 1.87. The number of fused-ring (bicyclic) bond motifs is 5. The number of halogens is 2. The molecule has 0 aromatic carbocycles. The molecule has 0 unspecified atom stereocenters. The molecular weight excluding hydrogens is 415 g/mol. The Kier molecular flexibility index (Phi) is 4.50. The standard InChI is InChI=1S/C22H26ClFO6/c1-10-6-12-13-8-15(24)14-7-11(25)4-5-19(14,2)21(13,23)16(26)9-20(12,3)22(10,30)17(27)18(28)29/h4-5,7,10,12-13,15-16,26,30H,6,8-9H2,1-3H3,(H,28,29)/t10-,12+,13+,15+,16+,19+,20+,21+,22+/m1/s1. The molecule has 0 saturated heterocycles. The number of carboxylic acid groups (broad SMARTS) is 1. The Morgan fingerprint density at radius 2 is 1.87 bits per heavy atom. The first-order valence-electron chi connectivity index (χ1n) is 10.2. The quantitative estimate of drug-likeness (QED) is 0.448. The van der Waals surface area contributed by atoms with Gasteiger partial charge in [-0.2, -0.15) is 0 Å². The molecule has 4 aliphatic carbocycles. The highest BCUT2D eigenvalue weighted by Gasteiger charge is 2.76. The van der Waals surface area contributed by atoms with Crippen LogP contribution in [0, 0.1) is 28.6 Å². The highest BCUT2D eigenvalue weighted by Crippen LogP contribution is 2.71. The van der Waals surface area contributed by atoms with Crippen LogP contribution in [0.5, 0.6) is 0 Å². The van der Waals surface area contributed by atoms with E-state index >= 15 is 4.39 Å². The number of aliphatic hydroxyl groups excluding tert-OH is 1. The van der Waals surface area contributed by atoms with Crippen LogP contribution in [0.1, 0.15) is 40.0 Å². The molecule has 0 aromatic rings. The summed E-state index contributed by atoms with van der Waals surface area (Å²) < 4.78 is 15.3. The topological polar surface area (TPSA) is 112 Å². The van der Waals surface area contributed by atoms with Gasteiger partial charge in [0.25, 0.3) is 5.78 Å². The molecule has 4 rings (SSSR count). The molecule has 30 heavy (non-hydrogen) atoms. The molecule has 8 heteroatoms. The Hall–Kier alpha value is -1.57. The van der Waals surface area contributed by atoms with Crippen LogP contribution in [-0.2, 0) is 14.4 Å². The second-order valence-corrected chi connectivity index (χ2v) is 10.5. The van der Waals surface area contributed by atoms with E-state index in [2.05, 4.69) is 0 Å². The molecule has 3 fully saturated rings. The Morgan fingerprint density at radius 3 is 2.47 bits per heavy atom. The van der Waals surface area contributed by atoms with Crippen LogP contribution in [0.4, 0.5) is 4.39 Å². The highest BCUT2D eigenvalue weighted by atomic mass is 35.5. The zero-order valence-corrected chi connectivity index (χ0v) is 17.8. The minimum atomic E-state index is -2.19. The first-order chi connectivity index (χ1) is 13.7. The van der Waals surface area contributed by atoms with Gasteiger partial charge in [-0.3, -0.25) is 9.59 Å². The van der Waals surface area contributed by atoms with Crippen molar-refractivity contribution in [2.75, 3.05) is 0 Å². The van der Waals surface area contributed by atoms with Gasteiger partial charge in [0.2, 0.25) is 0 Å². The van der Waals surface area contributed by atoms with Crippen molar-refractivity contribution < 1.29 is 34.1 Å². The maximum absolute atomic E-state index is 15.3. The summed E-state index contributed by atoms with van der Waals surface area (Å²) in [4.78, 5) is 34.6. The number of aliphatic hydroxyl groups is 2. The van der Waals surface area contributed by atoms with Crippen LogP contribution in [0.2, 0.25) is 0 Å². The highest BCUT2D eigenvalue weighted by molar-refractivity contribution is 6.36. The normalized spacial score (nSPS) is 52.2. The van der Waals surface area contributed by atoms with Gasteiger partial charge in [-0.15, -0.1) is 11.6 Å². The SMILES string of the molecule is C[C@@H]1C[C@H]2[C@@H]3C[C@H](F)C4=CC(=O)C=C[C@]4(C)[C@@]3(Cl)[C@@H](O)C[C@]2(C)[C@@]1(O)C(=O)C(=O)O. The third-order valence-corrected chi connectivity index (χ3v) is 9.68. The van der Waals surface area contributed by atoms with Gasteiger partial charge in [0, 0.05) is 10.8 Å². The fraction of sp³-hybridized carbons (Fsp3) is 0.682. The third-order valence-electron chi connectivity index (χ3n) is 8.75. The summed E-state index contributed by atoms with van der Waals surface area (Å²) in [6.07, 6.45) is 1.47. The number of carbonyl (C=O) groups excluding carboxylic acids is 2. The largest absolute Gasteiger partial charge is 0.475 e. The number of carboxylic acids is 1. The summed E-state index contributed by atoms with van der Waals surface area (Å²) in [5, 5.41) is 32.0. The molecule has 0 aromatic heterocycles. The molecule has 0 heterocycles. The number of hydrogen-bond acceptors (Lipinski definition) is 5. The minimum Gasteiger partial charge on any atom is -0.475 e. The second-order valence-electron chi connectivity index (χ2n) is 9.90. The Morgan fingerprint density at radius 1 is 1.23 bits per heavy atom. The van der Waals surface area contributed by atoms with E-state index in [-0.39, 0.29) is 30.6 Å². The molecule has 3 N–H and O–H groups in total. The smallest absolute Gasteiger partial charge is 0.375 e. The molecule has 3 saturated carbocycles. The lowest BCUT2D eigenvalue weighted by atomic mass is 9.45. The maximum atomic E-state index is 15.3. The van der Waals surface area contributed by atoms with Gasteiger partial charge >= 0.3 is 5.97 Å². The van der Waals surface area contributed by atoms with E-state index < -0.39 is 63.1 Å². The summed E-state index contributed by atoms with van der Waals surface area (Å²) in [7, 11) is 0. The first-order valence-corrected chi connectivity index (χ1v) is 10.6. The van der Waals surface area contributed by atoms with Crippen LogP contribution in [0.15, 0.2) is 23.8 Å². The lowest BCUT2D eigenvalue weighted by Gasteiger charge is -2.64. The lowest BCUT2D eigenvalue weighted by molar-refractivity contribution is -0.185. The molecule has 0 aliphatic heterocycles. The average molecular weight is 441 g/mol. The third kappa shape index (κ3) is 2.24. The molecule has 4 aliphatic rings. The van der Waals surface area contributed by atoms with Gasteiger partial charge in [0.15, 0.2) is 5.78 Å². The zero-order chi connectivity index (χ0) is 22.4. The van der Waals surface area contributed by atoms with Gasteiger partial charge in [-0.1, -0.05) is 26.8 Å². The number of alkyl halides is 2. The molecule has 0 bridgehead atoms. The van der Waals surface area contributed by atoms with Crippen LogP contribution >= 0.6 is 11.6 Å². The van der Waals surface area contributed by atoms with Crippen molar-refractivity contribution in [1.82, 2.24) is 0 Å². The van der Waals surface area contributed by atoms with Gasteiger partial charge in [-0.25, -0.2) is 9.18 Å². The van der Waals surface area contributed by atoms with Crippen LogP contribution in [0.3, 0.4) is 0 Å². The number of ketones is 2. The van der Waals surface area contributed by atoms with Crippen molar-refractivity contribution in [2.24, 2.45) is 28.6 Å². The Labute approximate surface area is 178 Å². The molecule has 0 amide bonds. The van der Waals surface area contributed by atoms with Crippen molar-refractivity contribution in [2.45, 2.75) is 62.8 Å². The zero-order valence-electron chi connectivity index (χ0n) is 17.1. The van der Waals surface area contributed by atoms with E-state index in [1.807, 2.05) is 0 Å². The van der Waals surface area contributed by atoms with E-state index in [1.54, 1.807) is 26.8 Å². The summed E-state index contributed by atoms with van der Waals surface area (Å²) in [6.45, 7) is 4.91. The van der Waals surface area contributed by atoms with Gasteiger partial charge in [0.1, 0.15) is 11.8 Å². The number of aliphatic carboxylic acids is 1. The van der Waals surface area contributed by atoms with Crippen molar-refractivity contribution >= 4 is 29.1 Å². The number of Topliss-reactive ketones (excluding diaryl/α,β-unsaturated/α-hetero) is 1. The van der Waals surface area contributed by atoms with Crippen molar-refractivity contribution in [3.63, 3.8) is 0 Å². The number of rotatable bonds is 2. The number of carbonyl (C=O) groups is 3. The lowest BCUT2D eigenvalue weighted by Crippen LogP contribution is -2.70. The molecule has 164 valence electrons. The number of allylic oxidation sites excluding steroid dienone is 4. The van der Waals surface area contributed by atoms with Gasteiger partial charge in [-0.05, 0) is 54.7 Å². The van der Waals surface area contributed by atoms with Crippen molar-refractivity contribution in [1.29, 1.82) is 0 Å². The van der Waals surface area contributed by atoms with Gasteiger partial charge in [0.05, 0.1) is 11.0 Å².